The predicted octanol–water partition coefficient (Wildman–Crippen LogP) is 1.72. The number of urea groups is 1. The van der Waals surface area contributed by atoms with Crippen molar-refractivity contribution in [2.24, 2.45) is 0 Å². The van der Waals surface area contributed by atoms with Gasteiger partial charge in [-0.15, -0.1) is 0 Å². The van der Waals surface area contributed by atoms with Gasteiger partial charge in [0.2, 0.25) is 0 Å². The highest BCUT2D eigenvalue weighted by Crippen LogP contribution is 2.22. The lowest BCUT2D eigenvalue weighted by molar-refractivity contribution is 0.162. The molecule has 7 nitrogen and oxygen atoms in total. The van der Waals surface area contributed by atoms with E-state index < -0.39 is 0 Å². The lowest BCUT2D eigenvalue weighted by Crippen LogP contribution is -2.44. The van der Waals surface area contributed by atoms with Crippen LogP contribution in [0.4, 0.5) is 4.79 Å². The Hall–Kier alpha value is -2.54. The van der Waals surface area contributed by atoms with Crippen LogP contribution in [0.1, 0.15) is 17.3 Å². The molecule has 1 aliphatic rings. The maximum absolute atomic E-state index is 11.8. The second-order valence-corrected chi connectivity index (χ2v) is 6.52. The summed E-state index contributed by atoms with van der Waals surface area (Å²) in [6.07, 6.45) is 1.83. The summed E-state index contributed by atoms with van der Waals surface area (Å²) in [7, 11) is 5.16. The van der Waals surface area contributed by atoms with Crippen LogP contribution < -0.4 is 10.1 Å². The van der Waals surface area contributed by atoms with Crippen LogP contribution >= 0.6 is 0 Å². The Morgan fingerprint density at radius 1 is 1.32 bits per heavy atom. The van der Waals surface area contributed by atoms with Crippen LogP contribution in [0.25, 0.3) is 0 Å². The van der Waals surface area contributed by atoms with Crippen LogP contribution in [-0.4, -0.2) is 59.9 Å². The van der Waals surface area contributed by atoms with Crippen LogP contribution in [0.15, 0.2) is 36.5 Å². The van der Waals surface area contributed by atoms with E-state index in [9.17, 15) is 4.79 Å². The molecule has 0 fully saturated rings. The van der Waals surface area contributed by atoms with E-state index in [1.807, 2.05) is 29.1 Å². The fourth-order valence-corrected chi connectivity index (χ4v) is 3.09. The molecular weight excluding hydrogens is 318 g/mol. The molecule has 0 unspecified atom stereocenters. The van der Waals surface area contributed by atoms with E-state index in [-0.39, 0.29) is 12.1 Å². The monoisotopic (exact) mass is 343 g/mol. The Labute approximate surface area is 148 Å². The van der Waals surface area contributed by atoms with Crippen molar-refractivity contribution in [3.8, 4) is 5.75 Å². The van der Waals surface area contributed by atoms with Crippen LogP contribution in [0.5, 0.6) is 5.75 Å². The van der Waals surface area contributed by atoms with Crippen LogP contribution in [0.2, 0.25) is 0 Å². The first-order valence-corrected chi connectivity index (χ1v) is 8.39. The zero-order valence-corrected chi connectivity index (χ0v) is 15.0. The van der Waals surface area contributed by atoms with Crippen molar-refractivity contribution in [2.75, 3.05) is 34.3 Å². The third-order valence-corrected chi connectivity index (χ3v) is 4.41. The quantitative estimate of drug-likeness (QED) is 0.898. The van der Waals surface area contributed by atoms with Crippen molar-refractivity contribution < 1.29 is 9.53 Å². The van der Waals surface area contributed by atoms with Gasteiger partial charge >= 0.3 is 6.03 Å². The second-order valence-electron chi connectivity index (χ2n) is 6.52. The van der Waals surface area contributed by atoms with Gasteiger partial charge in [-0.25, -0.2) is 4.79 Å². The van der Waals surface area contributed by atoms with Crippen molar-refractivity contribution in [1.82, 2.24) is 24.9 Å². The van der Waals surface area contributed by atoms with Gasteiger partial charge in [-0.3, -0.25) is 9.58 Å². The summed E-state index contributed by atoms with van der Waals surface area (Å²) < 4.78 is 7.24. The fraction of sp³-hybridized carbons (Fsp3) is 0.444. The lowest BCUT2D eigenvalue weighted by atomic mass is 10.1. The first-order chi connectivity index (χ1) is 12.1. The summed E-state index contributed by atoms with van der Waals surface area (Å²) in [6, 6.07) is 10.2. The Morgan fingerprint density at radius 3 is 2.76 bits per heavy atom. The fourth-order valence-electron chi connectivity index (χ4n) is 3.09. The molecule has 0 saturated heterocycles. The highest BCUT2D eigenvalue weighted by molar-refractivity contribution is 5.73. The Kier molecular flexibility index (Phi) is 5.23. The molecule has 2 heterocycles. The molecule has 1 aliphatic heterocycles. The van der Waals surface area contributed by atoms with Gasteiger partial charge in [-0.05, 0) is 23.8 Å². The van der Waals surface area contributed by atoms with E-state index in [4.69, 9.17) is 4.74 Å². The molecule has 0 aliphatic carbocycles. The standard InChI is InChI=1S/C18H25N5O2/c1-21(2)18(24)19-10-16-13-22(12-15-8-9-20-23(15)16)11-14-4-6-17(25-3)7-5-14/h4-9,16H,10-13H2,1-3H3,(H,19,24)/t16-/m0/s1. The molecular formula is C18H25N5O2. The first-order valence-electron chi connectivity index (χ1n) is 8.39. The van der Waals surface area contributed by atoms with Crippen LogP contribution in [0.3, 0.4) is 0 Å². The highest BCUT2D eigenvalue weighted by Gasteiger charge is 2.26. The van der Waals surface area contributed by atoms with E-state index in [0.29, 0.717) is 6.54 Å². The van der Waals surface area contributed by atoms with Gasteiger partial charge in [-0.2, -0.15) is 5.10 Å². The first kappa shape index (κ1) is 17.3. The number of benzene rings is 1. The minimum Gasteiger partial charge on any atom is -0.497 e. The maximum Gasteiger partial charge on any atom is 0.316 e. The third kappa shape index (κ3) is 4.11. The Bertz CT molecular complexity index is 711. The number of hydrogen-bond donors (Lipinski definition) is 1. The van der Waals surface area contributed by atoms with Crippen molar-refractivity contribution in [3.63, 3.8) is 0 Å². The topological polar surface area (TPSA) is 62.6 Å². The highest BCUT2D eigenvalue weighted by atomic mass is 16.5. The molecule has 1 atom stereocenters. The van der Waals surface area contributed by atoms with Gasteiger partial charge in [0.05, 0.1) is 18.8 Å². The van der Waals surface area contributed by atoms with Crippen molar-refractivity contribution in [3.05, 3.63) is 47.8 Å². The Balaban J connectivity index is 1.67. The summed E-state index contributed by atoms with van der Waals surface area (Å²) >= 11 is 0. The normalized spacial score (nSPS) is 17.0. The van der Waals surface area contributed by atoms with E-state index in [1.165, 1.54) is 11.3 Å². The number of aromatic nitrogens is 2. The molecule has 2 amide bonds. The van der Waals surface area contributed by atoms with E-state index in [2.05, 4.69) is 27.4 Å². The molecule has 0 saturated carbocycles. The van der Waals surface area contributed by atoms with Gasteiger partial charge in [-0.1, -0.05) is 12.1 Å². The number of nitrogens with zero attached hydrogens (tertiary/aromatic N) is 4. The van der Waals surface area contributed by atoms with Gasteiger partial charge in [0, 0.05) is 46.5 Å². The molecule has 3 rings (SSSR count). The van der Waals surface area contributed by atoms with Crippen LogP contribution in [0, 0.1) is 0 Å². The molecule has 0 spiro atoms. The number of carbonyl (C=O) groups is 1. The molecule has 1 aromatic heterocycles. The lowest BCUT2D eigenvalue weighted by Gasteiger charge is -2.34. The number of fused-ring (bicyclic) bond motifs is 1. The minimum absolute atomic E-state index is 0.0824. The number of rotatable bonds is 5. The van der Waals surface area contributed by atoms with Crippen LogP contribution in [-0.2, 0) is 13.1 Å². The molecule has 134 valence electrons. The molecule has 7 heteroatoms. The number of ether oxygens (including phenoxy) is 1. The molecule has 2 aromatic rings. The van der Waals surface area contributed by atoms with Gasteiger partial charge in [0.15, 0.2) is 0 Å². The van der Waals surface area contributed by atoms with Crippen molar-refractivity contribution >= 4 is 6.03 Å². The smallest absolute Gasteiger partial charge is 0.316 e. The summed E-state index contributed by atoms with van der Waals surface area (Å²) in [4.78, 5) is 15.8. The van der Waals surface area contributed by atoms with E-state index in [0.717, 1.165) is 25.4 Å². The summed E-state index contributed by atoms with van der Waals surface area (Å²) in [5.41, 5.74) is 2.41. The maximum atomic E-state index is 11.8. The van der Waals surface area contributed by atoms with E-state index >= 15 is 0 Å². The van der Waals surface area contributed by atoms with E-state index in [1.54, 1.807) is 26.1 Å². The third-order valence-electron chi connectivity index (χ3n) is 4.41. The zero-order valence-electron chi connectivity index (χ0n) is 15.0. The van der Waals surface area contributed by atoms with Gasteiger partial charge in [0.1, 0.15) is 5.75 Å². The summed E-state index contributed by atoms with van der Waals surface area (Å²) in [5, 5.41) is 7.40. The molecule has 0 radical (unpaired) electrons. The summed E-state index contributed by atoms with van der Waals surface area (Å²) in [5.74, 6) is 0.866. The van der Waals surface area contributed by atoms with Gasteiger partial charge in [0.25, 0.3) is 0 Å². The molecule has 0 bridgehead atoms. The number of carbonyl (C=O) groups excluding carboxylic acids is 1. The predicted molar refractivity (Wildman–Crippen MR) is 95.5 cm³/mol. The Morgan fingerprint density at radius 2 is 2.08 bits per heavy atom. The SMILES string of the molecule is COc1ccc(CN2Cc3ccnn3[C@@H](CNC(=O)N(C)C)C2)cc1. The molecule has 1 N–H and O–H groups in total. The van der Waals surface area contributed by atoms with Crippen molar-refractivity contribution in [2.45, 2.75) is 19.1 Å². The number of methoxy groups -OCH3 is 1. The molecule has 1 aromatic carbocycles. The number of amides is 2. The molecule has 25 heavy (non-hydrogen) atoms. The summed E-state index contributed by atoms with van der Waals surface area (Å²) in [6.45, 7) is 3.11. The number of nitrogens with one attached hydrogen (secondary N) is 1. The average Bonchev–Trinajstić information content (AvgIpc) is 3.08. The average molecular weight is 343 g/mol. The largest absolute Gasteiger partial charge is 0.497 e. The minimum atomic E-state index is -0.0824. The van der Waals surface area contributed by atoms with Gasteiger partial charge < -0.3 is 15.0 Å². The zero-order chi connectivity index (χ0) is 17.8. The number of hydrogen-bond acceptors (Lipinski definition) is 4. The van der Waals surface area contributed by atoms with Crippen molar-refractivity contribution in [1.29, 1.82) is 0 Å². The second kappa shape index (κ2) is 7.57.